The van der Waals surface area contributed by atoms with E-state index in [1.807, 2.05) is 0 Å². The topological polar surface area (TPSA) is 210 Å². The minimum absolute atomic E-state index is 0.105. The van der Waals surface area contributed by atoms with Crippen LogP contribution in [0.4, 0.5) is 0 Å². The van der Waals surface area contributed by atoms with E-state index in [1.54, 1.807) is 0 Å². The fourth-order valence-corrected chi connectivity index (χ4v) is 8.20. The Kier molecular flexibility index (Phi) is 32.7. The number of aliphatic hydroxyl groups excluding tert-OH is 5. The van der Waals surface area contributed by atoms with Crippen molar-refractivity contribution < 1.29 is 63.1 Å². The third-order valence-corrected chi connectivity index (χ3v) is 11.9. The van der Waals surface area contributed by atoms with E-state index in [2.05, 4.69) is 13.8 Å². The highest BCUT2D eigenvalue weighted by Gasteiger charge is 2.51. The Morgan fingerprint density at radius 3 is 1.16 bits per heavy atom. The Morgan fingerprint density at radius 1 is 0.474 bits per heavy atom. The molecule has 1 rings (SSSR count). The zero-order chi connectivity index (χ0) is 42.2. The van der Waals surface area contributed by atoms with Crippen molar-refractivity contribution in [3.8, 4) is 0 Å². The van der Waals surface area contributed by atoms with E-state index in [1.165, 1.54) is 128 Å². The number of carbonyl (C=O) groups is 2. The van der Waals surface area contributed by atoms with Crippen LogP contribution in [0, 0.1) is 0 Å². The van der Waals surface area contributed by atoms with Gasteiger partial charge in [0.2, 0.25) is 0 Å². The second-order valence-electron chi connectivity index (χ2n) is 16.3. The summed E-state index contributed by atoms with van der Waals surface area (Å²) in [6.45, 7) is 3.29. The molecule has 338 valence electrons. The molecule has 0 amide bonds. The molecule has 0 radical (unpaired) electrons. The number of hydrogen-bond acceptors (Lipinski definition) is 12. The van der Waals surface area contributed by atoms with Crippen LogP contribution in [-0.4, -0.2) is 98.3 Å². The Bertz CT molecular complexity index is 1020. The summed E-state index contributed by atoms with van der Waals surface area (Å²) in [4.78, 5) is 35.6. The van der Waals surface area contributed by atoms with Crippen molar-refractivity contribution >= 4 is 19.8 Å². The van der Waals surface area contributed by atoms with Crippen LogP contribution in [0.2, 0.25) is 0 Å². The number of unbranched alkanes of at least 4 members (excludes halogenated alkanes) is 26. The van der Waals surface area contributed by atoms with E-state index >= 15 is 0 Å². The maximum atomic E-state index is 12.8. The first-order chi connectivity index (χ1) is 27.4. The van der Waals surface area contributed by atoms with E-state index in [-0.39, 0.29) is 12.8 Å². The molecule has 1 saturated carbocycles. The largest absolute Gasteiger partial charge is 0.472 e. The van der Waals surface area contributed by atoms with Crippen LogP contribution in [0.1, 0.15) is 206 Å². The van der Waals surface area contributed by atoms with Crippen molar-refractivity contribution in [3.63, 3.8) is 0 Å². The minimum Gasteiger partial charge on any atom is -0.462 e. The molecule has 57 heavy (non-hydrogen) atoms. The van der Waals surface area contributed by atoms with Crippen LogP contribution in [0.5, 0.6) is 0 Å². The maximum absolute atomic E-state index is 12.8. The van der Waals surface area contributed by atoms with E-state index in [0.29, 0.717) is 12.8 Å². The summed E-state index contributed by atoms with van der Waals surface area (Å²) in [5.41, 5.74) is 0. The molecule has 0 heterocycles. The normalized spacial score (nSPS) is 22.6. The van der Waals surface area contributed by atoms with Crippen molar-refractivity contribution in [1.29, 1.82) is 0 Å². The summed E-state index contributed by atoms with van der Waals surface area (Å²) in [5, 5.41) is 50.0. The van der Waals surface area contributed by atoms with Crippen LogP contribution in [0.3, 0.4) is 0 Å². The number of phosphoric ester groups is 1. The molecule has 1 aliphatic rings. The van der Waals surface area contributed by atoms with Gasteiger partial charge in [0.05, 0.1) is 6.61 Å². The zero-order valence-corrected chi connectivity index (χ0v) is 36.6. The average Bonchev–Trinajstić information content (AvgIpc) is 3.19. The van der Waals surface area contributed by atoms with Crippen molar-refractivity contribution in [2.75, 3.05) is 13.2 Å². The van der Waals surface area contributed by atoms with Gasteiger partial charge in [0.25, 0.3) is 0 Å². The number of ether oxygens (including phenoxy) is 2. The first-order valence-electron chi connectivity index (χ1n) is 22.8. The molecular formula is C43H83O13P. The summed E-state index contributed by atoms with van der Waals surface area (Å²) in [6, 6.07) is 0. The van der Waals surface area contributed by atoms with Crippen LogP contribution < -0.4 is 0 Å². The molecule has 8 atom stereocenters. The molecule has 0 bridgehead atoms. The number of hydrogen-bond donors (Lipinski definition) is 6. The van der Waals surface area contributed by atoms with Gasteiger partial charge in [-0.3, -0.25) is 18.6 Å². The highest BCUT2D eigenvalue weighted by Crippen LogP contribution is 2.47. The molecular weight excluding hydrogens is 755 g/mol. The molecule has 0 saturated heterocycles. The molecule has 0 aliphatic heterocycles. The van der Waals surface area contributed by atoms with Crippen molar-refractivity contribution in [3.05, 3.63) is 0 Å². The SMILES string of the molecule is CCCCCCCCCCCCCCCCCCCCCC(=O)O[C@H](COC(=O)CCCCCCCCCCC)COP(=O)(O)OC1C(O)C(O)C(O)[C@@H](O)C1O. The standard InChI is InChI=1S/C43H83O13P/c1-3-5-7-9-11-13-14-15-16-17-18-19-20-21-22-24-26-28-30-32-37(45)55-35(33-53-36(44)31-29-27-25-23-12-10-8-6-4-2)34-54-57(51,52)56-43-41(49)39(47)38(46)40(48)42(43)50/h35,38-43,46-50H,3-34H2,1-2H3,(H,51,52)/t35-,38?,39-,40?,41?,42?,43?/m1/s1. The monoisotopic (exact) mass is 839 g/mol. The Labute approximate surface area is 344 Å². The molecule has 0 spiro atoms. The molecule has 0 aromatic heterocycles. The zero-order valence-electron chi connectivity index (χ0n) is 35.7. The third-order valence-electron chi connectivity index (χ3n) is 10.9. The molecule has 13 nitrogen and oxygen atoms in total. The van der Waals surface area contributed by atoms with Gasteiger partial charge in [0, 0.05) is 12.8 Å². The quantitative estimate of drug-likeness (QED) is 0.0196. The van der Waals surface area contributed by atoms with Gasteiger partial charge in [-0.1, -0.05) is 181 Å². The lowest BCUT2D eigenvalue weighted by Gasteiger charge is -2.41. The molecule has 6 unspecified atom stereocenters. The lowest BCUT2D eigenvalue weighted by molar-refractivity contribution is -0.220. The summed E-state index contributed by atoms with van der Waals surface area (Å²) in [6.07, 6.45) is 20.4. The fourth-order valence-electron chi connectivity index (χ4n) is 7.23. The van der Waals surface area contributed by atoms with Gasteiger partial charge in [0.15, 0.2) is 6.10 Å². The maximum Gasteiger partial charge on any atom is 0.472 e. The van der Waals surface area contributed by atoms with Crippen molar-refractivity contribution in [2.24, 2.45) is 0 Å². The Balaban J connectivity index is 2.40. The molecule has 0 aromatic carbocycles. The van der Waals surface area contributed by atoms with Gasteiger partial charge in [-0.15, -0.1) is 0 Å². The van der Waals surface area contributed by atoms with E-state index in [0.717, 1.165) is 38.5 Å². The fraction of sp³-hybridized carbons (Fsp3) is 0.953. The van der Waals surface area contributed by atoms with Crippen LogP contribution >= 0.6 is 7.82 Å². The van der Waals surface area contributed by atoms with Crippen LogP contribution in [0.25, 0.3) is 0 Å². The summed E-state index contributed by atoms with van der Waals surface area (Å²) in [7, 11) is -5.10. The summed E-state index contributed by atoms with van der Waals surface area (Å²) >= 11 is 0. The molecule has 1 aliphatic carbocycles. The van der Waals surface area contributed by atoms with Crippen molar-refractivity contribution in [1.82, 2.24) is 0 Å². The number of esters is 2. The lowest BCUT2D eigenvalue weighted by Crippen LogP contribution is -2.64. The predicted octanol–water partition coefficient (Wildman–Crippen LogP) is 8.50. The second kappa shape index (κ2) is 34.6. The van der Waals surface area contributed by atoms with Gasteiger partial charge < -0.3 is 39.9 Å². The van der Waals surface area contributed by atoms with E-state index in [9.17, 15) is 44.6 Å². The van der Waals surface area contributed by atoms with Crippen LogP contribution in [0.15, 0.2) is 0 Å². The second-order valence-corrected chi connectivity index (χ2v) is 17.7. The third kappa shape index (κ3) is 27.3. The van der Waals surface area contributed by atoms with Gasteiger partial charge in [-0.2, -0.15) is 0 Å². The molecule has 0 aromatic rings. The van der Waals surface area contributed by atoms with Gasteiger partial charge in [0.1, 0.15) is 43.2 Å². The number of phosphoric acid groups is 1. The molecule has 14 heteroatoms. The highest BCUT2D eigenvalue weighted by molar-refractivity contribution is 7.47. The number of carbonyl (C=O) groups excluding carboxylic acids is 2. The lowest BCUT2D eigenvalue weighted by atomic mass is 9.85. The van der Waals surface area contributed by atoms with E-state index in [4.69, 9.17) is 18.5 Å². The van der Waals surface area contributed by atoms with Crippen molar-refractivity contribution in [2.45, 2.75) is 249 Å². The summed E-state index contributed by atoms with van der Waals surface area (Å²) in [5.74, 6) is -1.09. The van der Waals surface area contributed by atoms with Crippen LogP contribution in [-0.2, 0) is 32.7 Å². The number of aliphatic hydroxyl groups is 5. The number of rotatable bonds is 38. The van der Waals surface area contributed by atoms with Gasteiger partial charge >= 0.3 is 19.8 Å². The van der Waals surface area contributed by atoms with Gasteiger partial charge in [-0.05, 0) is 12.8 Å². The Morgan fingerprint density at radius 2 is 0.789 bits per heavy atom. The Hall–Kier alpha value is -1.15. The first-order valence-corrected chi connectivity index (χ1v) is 24.3. The molecule has 1 fully saturated rings. The van der Waals surface area contributed by atoms with E-state index < -0.39 is 75.7 Å². The highest BCUT2D eigenvalue weighted by atomic mass is 31.2. The van der Waals surface area contributed by atoms with Gasteiger partial charge in [-0.25, -0.2) is 4.57 Å². The predicted molar refractivity (Wildman–Crippen MR) is 221 cm³/mol. The summed E-state index contributed by atoms with van der Waals surface area (Å²) < 4.78 is 33.4. The first kappa shape index (κ1) is 53.9. The minimum atomic E-state index is -5.10. The smallest absolute Gasteiger partial charge is 0.462 e. The average molecular weight is 839 g/mol. The molecule has 6 N–H and O–H groups in total.